The van der Waals surface area contributed by atoms with Gasteiger partial charge in [0.15, 0.2) is 0 Å². The number of hydrogen-bond donors (Lipinski definition) is 2. The van der Waals surface area contributed by atoms with Crippen LogP contribution in [0.15, 0.2) is 30.6 Å². The number of halogens is 2. The van der Waals surface area contributed by atoms with Crippen molar-refractivity contribution in [2.45, 2.75) is 12.5 Å². The van der Waals surface area contributed by atoms with Crippen LogP contribution in [0.2, 0.25) is 10.0 Å². The highest BCUT2D eigenvalue weighted by molar-refractivity contribution is 6.35. The van der Waals surface area contributed by atoms with Gasteiger partial charge in [-0.2, -0.15) is 0 Å². The molecule has 1 aromatic heterocycles. The maximum absolute atomic E-state index is 9.90. The van der Waals surface area contributed by atoms with Gasteiger partial charge in [0, 0.05) is 28.9 Å². The van der Waals surface area contributed by atoms with Gasteiger partial charge in [0.05, 0.1) is 0 Å². The van der Waals surface area contributed by atoms with Crippen molar-refractivity contribution in [2.75, 3.05) is 0 Å². The van der Waals surface area contributed by atoms with Crippen LogP contribution in [0.4, 0.5) is 0 Å². The summed E-state index contributed by atoms with van der Waals surface area (Å²) in [6, 6.07) is 5.27. The van der Waals surface area contributed by atoms with Crippen LogP contribution in [0.5, 0.6) is 0 Å². The normalized spacial score (nSPS) is 12.7. The molecule has 16 heavy (non-hydrogen) atoms. The molecule has 0 fully saturated rings. The largest absolute Gasteiger partial charge is 0.385 e. The van der Waals surface area contributed by atoms with Crippen LogP contribution < -0.4 is 0 Å². The summed E-state index contributed by atoms with van der Waals surface area (Å²) in [6.45, 7) is 0. The van der Waals surface area contributed by atoms with E-state index in [0.29, 0.717) is 22.3 Å². The van der Waals surface area contributed by atoms with Gasteiger partial charge < -0.3 is 10.1 Å². The van der Waals surface area contributed by atoms with E-state index in [4.69, 9.17) is 23.2 Å². The maximum Gasteiger partial charge on any atom is 0.135 e. The third-order valence-electron chi connectivity index (χ3n) is 2.29. The minimum atomic E-state index is -0.729. The topological polar surface area (TPSA) is 48.9 Å². The molecule has 2 N–H and O–H groups in total. The van der Waals surface area contributed by atoms with Crippen LogP contribution in [0, 0.1) is 0 Å². The monoisotopic (exact) mass is 256 g/mol. The Hall–Kier alpha value is -1.03. The predicted octanol–water partition coefficient (Wildman–Crippen LogP) is 2.99. The van der Waals surface area contributed by atoms with Crippen LogP contribution in [-0.2, 0) is 6.42 Å². The van der Waals surface area contributed by atoms with Crippen LogP contribution in [-0.4, -0.2) is 15.1 Å². The number of aliphatic hydroxyl groups excluding tert-OH is 1. The highest BCUT2D eigenvalue weighted by Gasteiger charge is 2.14. The standard InChI is InChI=1S/C11H10Cl2N2O/c12-8-2-1-3-9(13)7(8)6-10(16)11-14-4-5-15-11/h1-5,10,16H,6H2,(H,14,15). The average molecular weight is 257 g/mol. The lowest BCUT2D eigenvalue weighted by atomic mass is 10.1. The van der Waals surface area contributed by atoms with Crippen molar-refractivity contribution in [1.82, 2.24) is 9.97 Å². The van der Waals surface area contributed by atoms with E-state index in [0.717, 1.165) is 5.56 Å². The Kier molecular flexibility index (Phi) is 3.49. The number of hydrogen-bond acceptors (Lipinski definition) is 2. The lowest BCUT2D eigenvalue weighted by Gasteiger charge is -2.10. The first-order chi connectivity index (χ1) is 7.68. The Morgan fingerprint density at radius 1 is 1.31 bits per heavy atom. The van der Waals surface area contributed by atoms with E-state index in [1.807, 2.05) is 0 Å². The van der Waals surface area contributed by atoms with Gasteiger partial charge in [-0.25, -0.2) is 4.98 Å². The van der Waals surface area contributed by atoms with E-state index in [2.05, 4.69) is 9.97 Å². The van der Waals surface area contributed by atoms with E-state index >= 15 is 0 Å². The number of H-pyrrole nitrogens is 1. The van der Waals surface area contributed by atoms with Crippen molar-refractivity contribution < 1.29 is 5.11 Å². The zero-order chi connectivity index (χ0) is 11.5. The third kappa shape index (κ3) is 2.38. The lowest BCUT2D eigenvalue weighted by Crippen LogP contribution is -2.04. The number of aromatic nitrogens is 2. The Morgan fingerprint density at radius 3 is 2.56 bits per heavy atom. The van der Waals surface area contributed by atoms with Gasteiger partial charge in [-0.15, -0.1) is 0 Å². The molecular weight excluding hydrogens is 247 g/mol. The molecule has 2 aromatic rings. The fraction of sp³-hybridized carbons (Fsp3) is 0.182. The van der Waals surface area contributed by atoms with E-state index in [1.165, 1.54) is 0 Å². The molecule has 84 valence electrons. The molecule has 0 spiro atoms. The summed E-state index contributed by atoms with van der Waals surface area (Å²) in [6.07, 6.45) is 2.86. The van der Waals surface area contributed by atoms with E-state index in [9.17, 15) is 5.11 Å². The number of rotatable bonds is 3. The van der Waals surface area contributed by atoms with Crippen LogP contribution in [0.3, 0.4) is 0 Å². The number of aromatic amines is 1. The molecule has 0 saturated carbocycles. The Balaban J connectivity index is 2.21. The summed E-state index contributed by atoms with van der Waals surface area (Å²) in [5, 5.41) is 11.0. The molecule has 0 amide bonds. The van der Waals surface area contributed by atoms with E-state index in [1.54, 1.807) is 30.6 Å². The van der Waals surface area contributed by atoms with Gasteiger partial charge in [-0.1, -0.05) is 29.3 Å². The molecule has 1 atom stereocenters. The first-order valence-electron chi connectivity index (χ1n) is 4.78. The summed E-state index contributed by atoms with van der Waals surface area (Å²) in [5.74, 6) is 0.510. The van der Waals surface area contributed by atoms with Crippen LogP contribution in [0.25, 0.3) is 0 Å². The summed E-state index contributed by atoms with van der Waals surface area (Å²) in [4.78, 5) is 6.83. The minimum Gasteiger partial charge on any atom is -0.385 e. The van der Waals surface area contributed by atoms with Crippen LogP contribution in [0.1, 0.15) is 17.5 Å². The summed E-state index contributed by atoms with van der Waals surface area (Å²) >= 11 is 12.0. The molecular formula is C11H10Cl2N2O. The van der Waals surface area contributed by atoms with Crippen molar-refractivity contribution in [1.29, 1.82) is 0 Å². The summed E-state index contributed by atoms with van der Waals surface area (Å²) in [7, 11) is 0. The van der Waals surface area contributed by atoms with Gasteiger partial charge in [0.2, 0.25) is 0 Å². The summed E-state index contributed by atoms with van der Waals surface area (Å²) in [5.41, 5.74) is 0.731. The Morgan fingerprint density at radius 2 is 2.00 bits per heavy atom. The molecule has 3 nitrogen and oxygen atoms in total. The highest BCUT2D eigenvalue weighted by Crippen LogP contribution is 2.28. The molecule has 0 radical (unpaired) electrons. The zero-order valence-electron chi connectivity index (χ0n) is 8.32. The second-order valence-electron chi connectivity index (χ2n) is 3.39. The second kappa shape index (κ2) is 4.87. The van der Waals surface area contributed by atoms with E-state index in [-0.39, 0.29) is 0 Å². The molecule has 1 unspecified atom stereocenters. The van der Waals surface area contributed by atoms with Gasteiger partial charge in [-0.3, -0.25) is 0 Å². The molecule has 5 heteroatoms. The molecule has 0 aliphatic carbocycles. The second-order valence-corrected chi connectivity index (χ2v) is 4.21. The first kappa shape index (κ1) is 11.5. The number of imidazole rings is 1. The Labute approximate surface area is 103 Å². The molecule has 0 aliphatic rings. The van der Waals surface area contributed by atoms with Crippen molar-refractivity contribution in [3.05, 3.63) is 52.0 Å². The smallest absolute Gasteiger partial charge is 0.135 e. The fourth-order valence-corrected chi connectivity index (χ4v) is 2.03. The van der Waals surface area contributed by atoms with Crippen molar-refractivity contribution in [3.63, 3.8) is 0 Å². The van der Waals surface area contributed by atoms with E-state index < -0.39 is 6.10 Å². The maximum atomic E-state index is 9.90. The average Bonchev–Trinajstić information content (AvgIpc) is 2.76. The fourth-order valence-electron chi connectivity index (χ4n) is 1.48. The van der Waals surface area contributed by atoms with Crippen molar-refractivity contribution >= 4 is 23.2 Å². The van der Waals surface area contributed by atoms with Crippen LogP contribution >= 0.6 is 23.2 Å². The molecule has 0 saturated heterocycles. The molecule has 0 bridgehead atoms. The molecule has 0 aliphatic heterocycles. The van der Waals surface area contributed by atoms with Gasteiger partial charge >= 0.3 is 0 Å². The van der Waals surface area contributed by atoms with Gasteiger partial charge in [-0.05, 0) is 17.7 Å². The number of nitrogens with zero attached hydrogens (tertiary/aromatic N) is 1. The number of benzene rings is 1. The highest BCUT2D eigenvalue weighted by atomic mass is 35.5. The summed E-state index contributed by atoms with van der Waals surface area (Å²) < 4.78 is 0. The molecule has 2 rings (SSSR count). The zero-order valence-corrected chi connectivity index (χ0v) is 9.83. The Bertz CT molecular complexity index is 451. The predicted molar refractivity (Wildman–Crippen MR) is 63.7 cm³/mol. The molecule has 1 heterocycles. The van der Waals surface area contributed by atoms with Gasteiger partial charge in [0.1, 0.15) is 11.9 Å². The SMILES string of the molecule is OC(Cc1c(Cl)cccc1Cl)c1ncc[nH]1. The number of nitrogens with one attached hydrogen (secondary N) is 1. The third-order valence-corrected chi connectivity index (χ3v) is 3.00. The van der Waals surface area contributed by atoms with Gasteiger partial charge in [0.25, 0.3) is 0 Å². The lowest BCUT2D eigenvalue weighted by molar-refractivity contribution is 0.169. The van der Waals surface area contributed by atoms with Crippen molar-refractivity contribution in [3.8, 4) is 0 Å². The first-order valence-corrected chi connectivity index (χ1v) is 5.54. The number of aliphatic hydroxyl groups is 1. The molecule has 1 aromatic carbocycles. The quantitative estimate of drug-likeness (QED) is 0.887. The minimum absolute atomic E-state index is 0.339. The van der Waals surface area contributed by atoms with Crippen molar-refractivity contribution in [2.24, 2.45) is 0 Å².